The Hall–Kier alpha value is -1.06. The Morgan fingerprint density at radius 2 is 2.05 bits per heavy atom. The lowest BCUT2D eigenvalue weighted by molar-refractivity contribution is -0.133. The summed E-state index contributed by atoms with van der Waals surface area (Å²) >= 11 is 0. The molecule has 21 heavy (non-hydrogen) atoms. The van der Waals surface area contributed by atoms with E-state index >= 15 is 0 Å². The predicted molar refractivity (Wildman–Crippen MR) is 89.7 cm³/mol. The number of amides is 1. The summed E-state index contributed by atoms with van der Waals surface area (Å²) in [4.78, 5) is 14.3. The van der Waals surface area contributed by atoms with Crippen LogP contribution in [0.25, 0.3) is 0 Å². The first-order valence-corrected chi connectivity index (χ1v) is 7.65. The second kappa shape index (κ2) is 8.40. The maximum absolute atomic E-state index is 12.3. The number of carbonyl (C=O) groups excluding carboxylic acids is 1. The van der Waals surface area contributed by atoms with Crippen LogP contribution in [0.1, 0.15) is 37.3 Å². The fourth-order valence-corrected chi connectivity index (χ4v) is 2.83. The molecule has 2 N–H and O–H groups in total. The lowest BCUT2D eigenvalue weighted by Gasteiger charge is -2.34. The van der Waals surface area contributed by atoms with Gasteiger partial charge in [-0.1, -0.05) is 29.8 Å². The van der Waals surface area contributed by atoms with Crippen LogP contribution in [-0.4, -0.2) is 29.9 Å². The topological polar surface area (TPSA) is 46.3 Å². The lowest BCUT2D eigenvalue weighted by atomic mass is 9.92. The monoisotopic (exact) mass is 310 g/mol. The minimum absolute atomic E-state index is 0. The van der Waals surface area contributed by atoms with E-state index in [0.717, 1.165) is 32.4 Å². The van der Waals surface area contributed by atoms with Crippen molar-refractivity contribution in [3.8, 4) is 0 Å². The largest absolute Gasteiger partial charge is 0.342 e. The Labute approximate surface area is 134 Å². The minimum atomic E-state index is 0. The van der Waals surface area contributed by atoms with Crippen molar-refractivity contribution < 1.29 is 4.79 Å². The van der Waals surface area contributed by atoms with Crippen LogP contribution >= 0.6 is 12.4 Å². The molecule has 3 nitrogen and oxygen atoms in total. The molecule has 2 atom stereocenters. The molecule has 1 aliphatic rings. The highest BCUT2D eigenvalue weighted by Gasteiger charge is 2.25. The number of nitrogens with zero attached hydrogens (tertiary/aromatic N) is 1. The normalized spacial score (nSPS) is 19.8. The SMILES string of the molecule is Cc1ccc(CCC(=O)N2CCCC(C(C)N)C2)cc1.Cl. The number of hydrogen-bond donors (Lipinski definition) is 1. The Morgan fingerprint density at radius 3 is 2.67 bits per heavy atom. The zero-order valence-electron chi connectivity index (χ0n) is 13.0. The van der Waals surface area contributed by atoms with Gasteiger partial charge in [-0.2, -0.15) is 0 Å². The molecule has 0 radical (unpaired) electrons. The maximum atomic E-state index is 12.3. The van der Waals surface area contributed by atoms with Crippen molar-refractivity contribution in [1.82, 2.24) is 4.90 Å². The van der Waals surface area contributed by atoms with Crippen molar-refractivity contribution in [2.45, 2.75) is 45.6 Å². The van der Waals surface area contributed by atoms with Crippen molar-refractivity contribution in [2.75, 3.05) is 13.1 Å². The maximum Gasteiger partial charge on any atom is 0.222 e. The fraction of sp³-hybridized carbons (Fsp3) is 0.588. The van der Waals surface area contributed by atoms with Gasteiger partial charge in [-0.25, -0.2) is 0 Å². The van der Waals surface area contributed by atoms with Crippen molar-refractivity contribution in [3.63, 3.8) is 0 Å². The molecule has 1 heterocycles. The van der Waals surface area contributed by atoms with Gasteiger partial charge in [0.2, 0.25) is 5.91 Å². The molecule has 0 aromatic heterocycles. The number of likely N-dealkylation sites (tertiary alicyclic amines) is 1. The number of piperidine rings is 1. The van der Waals surface area contributed by atoms with Gasteiger partial charge in [0.1, 0.15) is 0 Å². The van der Waals surface area contributed by atoms with Crippen LogP contribution in [0, 0.1) is 12.8 Å². The van der Waals surface area contributed by atoms with E-state index < -0.39 is 0 Å². The second-order valence-corrected chi connectivity index (χ2v) is 6.09. The standard InChI is InChI=1S/C17H26N2O.ClH/c1-13-5-7-15(8-6-13)9-10-17(20)19-11-3-4-16(12-19)14(2)18;/h5-8,14,16H,3-4,9-12,18H2,1-2H3;1H. The van der Waals surface area contributed by atoms with Gasteiger partial charge in [-0.05, 0) is 44.6 Å². The van der Waals surface area contributed by atoms with Gasteiger partial charge in [-0.15, -0.1) is 12.4 Å². The highest BCUT2D eigenvalue weighted by Crippen LogP contribution is 2.19. The Morgan fingerprint density at radius 1 is 1.38 bits per heavy atom. The van der Waals surface area contributed by atoms with E-state index in [1.165, 1.54) is 11.1 Å². The van der Waals surface area contributed by atoms with Crippen LogP contribution in [0.5, 0.6) is 0 Å². The quantitative estimate of drug-likeness (QED) is 0.929. The Balaban J connectivity index is 0.00000220. The van der Waals surface area contributed by atoms with Crippen molar-refractivity contribution in [2.24, 2.45) is 11.7 Å². The van der Waals surface area contributed by atoms with Gasteiger partial charge in [0.05, 0.1) is 0 Å². The molecular weight excluding hydrogens is 284 g/mol. The summed E-state index contributed by atoms with van der Waals surface area (Å²) < 4.78 is 0. The number of aryl methyl sites for hydroxylation is 2. The number of nitrogens with two attached hydrogens (primary N) is 1. The average molecular weight is 311 g/mol. The lowest BCUT2D eigenvalue weighted by Crippen LogP contribution is -2.45. The first-order chi connectivity index (χ1) is 9.56. The Bertz CT molecular complexity index is 445. The summed E-state index contributed by atoms with van der Waals surface area (Å²) in [5, 5.41) is 0. The summed E-state index contributed by atoms with van der Waals surface area (Å²) in [6, 6.07) is 8.62. The van der Waals surface area contributed by atoms with Gasteiger partial charge >= 0.3 is 0 Å². The summed E-state index contributed by atoms with van der Waals surface area (Å²) in [6.07, 6.45) is 3.68. The van der Waals surface area contributed by atoms with Crippen LogP contribution in [0.15, 0.2) is 24.3 Å². The molecule has 2 unspecified atom stereocenters. The summed E-state index contributed by atoms with van der Waals surface area (Å²) in [5.74, 6) is 0.739. The van der Waals surface area contributed by atoms with Gasteiger partial charge < -0.3 is 10.6 Å². The van der Waals surface area contributed by atoms with Crippen molar-refractivity contribution >= 4 is 18.3 Å². The fourth-order valence-electron chi connectivity index (χ4n) is 2.83. The van der Waals surface area contributed by atoms with Gasteiger partial charge in [0.15, 0.2) is 0 Å². The highest BCUT2D eigenvalue weighted by atomic mass is 35.5. The molecule has 0 spiro atoms. The number of carbonyl (C=O) groups is 1. The molecule has 0 saturated carbocycles. The van der Waals surface area contributed by atoms with Gasteiger partial charge in [0, 0.05) is 25.6 Å². The molecule has 1 aromatic rings. The van der Waals surface area contributed by atoms with E-state index in [0.29, 0.717) is 12.3 Å². The number of rotatable bonds is 4. The van der Waals surface area contributed by atoms with E-state index in [1.54, 1.807) is 0 Å². The predicted octanol–water partition coefficient (Wildman–Crippen LogP) is 2.94. The average Bonchev–Trinajstić information content (AvgIpc) is 2.46. The number of halogens is 1. The zero-order valence-corrected chi connectivity index (χ0v) is 13.9. The molecular formula is C17H27ClN2O. The third-order valence-electron chi connectivity index (χ3n) is 4.30. The molecule has 1 aromatic carbocycles. The number of benzene rings is 1. The van der Waals surface area contributed by atoms with E-state index in [9.17, 15) is 4.79 Å². The van der Waals surface area contributed by atoms with E-state index in [1.807, 2.05) is 11.8 Å². The summed E-state index contributed by atoms with van der Waals surface area (Å²) in [7, 11) is 0. The van der Waals surface area contributed by atoms with Crippen LogP contribution < -0.4 is 5.73 Å². The minimum Gasteiger partial charge on any atom is -0.342 e. The molecule has 1 saturated heterocycles. The van der Waals surface area contributed by atoms with Crippen LogP contribution in [0.4, 0.5) is 0 Å². The van der Waals surface area contributed by atoms with Gasteiger partial charge in [0.25, 0.3) is 0 Å². The molecule has 0 bridgehead atoms. The second-order valence-electron chi connectivity index (χ2n) is 6.09. The molecule has 118 valence electrons. The van der Waals surface area contributed by atoms with Crippen molar-refractivity contribution in [1.29, 1.82) is 0 Å². The highest BCUT2D eigenvalue weighted by molar-refractivity contribution is 5.85. The van der Waals surface area contributed by atoms with Crippen molar-refractivity contribution in [3.05, 3.63) is 35.4 Å². The molecule has 4 heteroatoms. The van der Waals surface area contributed by atoms with Crippen LogP contribution in [-0.2, 0) is 11.2 Å². The molecule has 2 rings (SSSR count). The Kier molecular flexibility index (Phi) is 7.20. The van der Waals surface area contributed by atoms with E-state index in [4.69, 9.17) is 5.73 Å². The van der Waals surface area contributed by atoms with Gasteiger partial charge in [-0.3, -0.25) is 4.79 Å². The molecule has 1 fully saturated rings. The third-order valence-corrected chi connectivity index (χ3v) is 4.30. The molecule has 1 amide bonds. The first kappa shape index (κ1) is 18.0. The summed E-state index contributed by atoms with van der Waals surface area (Å²) in [6.45, 7) is 5.86. The van der Waals surface area contributed by atoms with E-state index in [2.05, 4.69) is 31.2 Å². The van der Waals surface area contributed by atoms with E-state index in [-0.39, 0.29) is 24.4 Å². The number of hydrogen-bond acceptors (Lipinski definition) is 2. The molecule has 1 aliphatic heterocycles. The molecule has 0 aliphatic carbocycles. The first-order valence-electron chi connectivity index (χ1n) is 7.65. The zero-order chi connectivity index (χ0) is 14.5. The smallest absolute Gasteiger partial charge is 0.222 e. The third kappa shape index (κ3) is 5.33. The summed E-state index contributed by atoms with van der Waals surface area (Å²) in [5.41, 5.74) is 8.47. The van der Waals surface area contributed by atoms with Crippen LogP contribution in [0.2, 0.25) is 0 Å². The van der Waals surface area contributed by atoms with Crippen LogP contribution in [0.3, 0.4) is 0 Å².